The predicted octanol–water partition coefficient (Wildman–Crippen LogP) is 9.74. The standard InChI is InChI=1S/C68H83N11O11S/c1-41-8-6-7-9-49(41)57-37-75(43(3)51-36-70-64(76-24-29-87-38-42(76)2)62-60(51)67(4,5)18-28-88-62)22-23-77(57)47-34-68(35-47)16-20-74(21-17-68)46-10-11-50(54(31-46)78-53-15-27-86-40-59(53)90-66-56(78)30-45-12-19-69-63(45)72-66)65(80)73-91(83,84)48-32-55(79(81)82)61-58(33-48)89-39-52(71-61)44-13-25-85-26-14-44/h6-12,19,30-33,36,42-44,47,52-53,57,59,71H,13-18,20-29,34-35,37-40H2,1-5H3,(H,69,72)(H,73,80)/t42-,43+,52-,53-,57-,59-/m0/s1. The van der Waals surface area contributed by atoms with Crippen LogP contribution in [0.4, 0.5) is 34.3 Å². The molecule has 3 N–H and O–H groups in total. The van der Waals surface area contributed by atoms with E-state index in [1.807, 2.05) is 30.5 Å². The normalized spacial score (nSPS) is 25.5. The zero-order valence-electron chi connectivity index (χ0n) is 52.7. The van der Waals surface area contributed by atoms with Gasteiger partial charge in [-0.1, -0.05) is 38.1 Å². The molecule has 23 heteroatoms. The van der Waals surface area contributed by atoms with Crippen molar-refractivity contribution in [1.82, 2.24) is 29.5 Å². The van der Waals surface area contributed by atoms with Gasteiger partial charge in [-0.2, -0.15) is 4.98 Å². The number of nitrogens with one attached hydrogen (secondary N) is 3. The minimum Gasteiger partial charge on any atom is -0.489 e. The van der Waals surface area contributed by atoms with Crippen molar-refractivity contribution in [2.24, 2.45) is 11.3 Å². The number of aromatic nitrogens is 3. The Morgan fingerprint density at radius 3 is 2.47 bits per heavy atom. The number of rotatable bonds is 12. The van der Waals surface area contributed by atoms with Gasteiger partial charge in [0.1, 0.15) is 24.0 Å². The zero-order chi connectivity index (χ0) is 62.5. The predicted molar refractivity (Wildman–Crippen MR) is 345 cm³/mol. The summed E-state index contributed by atoms with van der Waals surface area (Å²) in [5, 5.41) is 16.8. The van der Waals surface area contributed by atoms with Crippen LogP contribution in [0.15, 0.2) is 84.0 Å². The second-order valence-corrected chi connectivity index (χ2v) is 29.3. The number of nitro groups is 1. The number of aryl methyl sites for hydroxylation is 1. The lowest BCUT2D eigenvalue weighted by molar-refractivity contribution is -0.384. The number of benzene rings is 3. The monoisotopic (exact) mass is 1260 g/mol. The summed E-state index contributed by atoms with van der Waals surface area (Å²) in [5.41, 5.74) is 7.77. The van der Waals surface area contributed by atoms with Crippen LogP contribution in [-0.2, 0) is 29.6 Å². The third-order valence-electron chi connectivity index (χ3n) is 21.8. The highest BCUT2D eigenvalue weighted by Crippen LogP contribution is 2.55. The summed E-state index contributed by atoms with van der Waals surface area (Å²) >= 11 is 0. The molecule has 1 amide bonds. The van der Waals surface area contributed by atoms with Gasteiger partial charge in [-0.05, 0) is 136 Å². The first kappa shape index (κ1) is 60.0. The number of H-pyrrole nitrogens is 1. The minimum absolute atomic E-state index is 0.0264. The molecule has 1 aliphatic carbocycles. The van der Waals surface area contributed by atoms with Crippen molar-refractivity contribution in [3.63, 3.8) is 0 Å². The third kappa shape index (κ3) is 11.0. The van der Waals surface area contributed by atoms with Crippen molar-refractivity contribution >= 4 is 61.2 Å². The van der Waals surface area contributed by atoms with Crippen molar-refractivity contribution in [3.05, 3.63) is 117 Å². The number of morpholine rings is 1. The summed E-state index contributed by atoms with van der Waals surface area (Å²) in [6.07, 6.45) is 10.8. The Balaban J connectivity index is 0.689. The smallest absolute Gasteiger partial charge is 0.297 e. The molecule has 3 aromatic carbocycles. The maximum atomic E-state index is 15.0. The molecule has 6 atom stereocenters. The van der Waals surface area contributed by atoms with Crippen molar-refractivity contribution < 1.29 is 46.6 Å². The first-order chi connectivity index (χ1) is 44.0. The number of carbonyl (C=O) groups excluding carboxylic acids is 1. The summed E-state index contributed by atoms with van der Waals surface area (Å²) in [6, 6.07) is 21.2. The molecule has 11 heterocycles. The molecule has 6 fully saturated rings. The summed E-state index contributed by atoms with van der Waals surface area (Å²) in [6.45, 7) is 20.9. The molecule has 22 nitrogen and oxygen atoms in total. The lowest BCUT2D eigenvalue weighted by Crippen LogP contribution is -2.60. The van der Waals surface area contributed by atoms with Gasteiger partial charge in [0.05, 0.1) is 65.6 Å². The number of fused-ring (bicyclic) bond motifs is 5. The van der Waals surface area contributed by atoms with Crippen LogP contribution in [-0.4, -0.2) is 166 Å². The summed E-state index contributed by atoms with van der Waals surface area (Å²) in [4.78, 5) is 52.3. The van der Waals surface area contributed by atoms with Crippen LogP contribution in [0.3, 0.4) is 0 Å². The Morgan fingerprint density at radius 1 is 0.868 bits per heavy atom. The summed E-state index contributed by atoms with van der Waals surface area (Å²) in [7, 11) is -4.72. The molecule has 1 saturated carbocycles. The Morgan fingerprint density at radius 2 is 1.67 bits per heavy atom. The maximum Gasteiger partial charge on any atom is 0.297 e. The number of nitrogens with zero attached hydrogens (tertiary/aromatic N) is 8. The molecule has 15 rings (SSSR count). The molecular weight excluding hydrogens is 1180 g/mol. The van der Waals surface area contributed by atoms with Crippen LogP contribution >= 0.6 is 0 Å². The van der Waals surface area contributed by atoms with E-state index >= 15 is 4.79 Å². The molecule has 9 aliphatic rings. The fourth-order valence-corrected chi connectivity index (χ4v) is 17.5. The van der Waals surface area contributed by atoms with Crippen molar-refractivity contribution in [2.75, 3.05) is 112 Å². The lowest BCUT2D eigenvalue weighted by Gasteiger charge is -2.58. The van der Waals surface area contributed by atoms with E-state index in [1.165, 1.54) is 28.3 Å². The highest BCUT2D eigenvalue weighted by atomic mass is 32.2. The SMILES string of the molecule is Cc1ccccc1[C@@H]1CN([C@H](C)c2cnc(N3CCOC[C@@H]3C)c3c2C(C)(C)CCO3)CCN1C1CC2(CCN(c3ccc(C(=O)NS(=O)(=O)c4cc5c(c([N+](=O)[O-])c4)N[C@H](C4CCOCC4)CO5)c(N4c5cc6cc[nH]c6nc5O[C@H]5COCC[C@@H]54)c3)CC2)C1. The van der Waals surface area contributed by atoms with E-state index in [2.05, 4.69) is 105 Å². The molecule has 91 heavy (non-hydrogen) atoms. The van der Waals surface area contributed by atoms with E-state index in [0.717, 1.165) is 113 Å². The maximum absolute atomic E-state index is 15.0. The van der Waals surface area contributed by atoms with Crippen molar-refractivity contribution in [3.8, 4) is 17.4 Å². The van der Waals surface area contributed by atoms with Crippen LogP contribution < -0.4 is 38.9 Å². The number of carbonyl (C=O) groups is 1. The number of aromatic amines is 1. The fourth-order valence-electron chi connectivity index (χ4n) is 16.5. The number of piperazine rings is 1. The van der Waals surface area contributed by atoms with E-state index in [1.54, 1.807) is 6.07 Å². The minimum atomic E-state index is -4.72. The first-order valence-electron chi connectivity index (χ1n) is 32.8. The molecule has 1 spiro atoms. The number of hydrogen-bond acceptors (Lipinski definition) is 19. The fraction of sp³-hybridized carbons (Fsp3) is 0.544. The number of nitro benzene ring substituents is 1. The second kappa shape index (κ2) is 23.7. The van der Waals surface area contributed by atoms with Gasteiger partial charge in [-0.25, -0.2) is 18.1 Å². The molecule has 8 aliphatic heterocycles. The number of piperidine rings is 1. The quantitative estimate of drug-likeness (QED) is 0.0764. The summed E-state index contributed by atoms with van der Waals surface area (Å²) < 4.78 is 68.1. The Kier molecular flexibility index (Phi) is 15.6. The van der Waals surface area contributed by atoms with Gasteiger partial charge in [0, 0.05) is 118 Å². The van der Waals surface area contributed by atoms with E-state index in [0.29, 0.717) is 75.0 Å². The molecule has 3 aromatic heterocycles. The van der Waals surface area contributed by atoms with Gasteiger partial charge in [-0.15, -0.1) is 0 Å². The largest absolute Gasteiger partial charge is 0.489 e. The number of hydrogen-bond donors (Lipinski definition) is 3. The molecule has 5 saturated heterocycles. The van der Waals surface area contributed by atoms with Crippen molar-refractivity contribution in [2.45, 2.75) is 139 Å². The van der Waals surface area contributed by atoms with Crippen LogP contribution in [0.25, 0.3) is 11.0 Å². The number of sulfonamides is 1. The molecule has 482 valence electrons. The van der Waals surface area contributed by atoms with Gasteiger partial charge < -0.3 is 53.4 Å². The van der Waals surface area contributed by atoms with Crippen LogP contribution in [0.1, 0.15) is 124 Å². The zero-order valence-corrected chi connectivity index (χ0v) is 53.5. The van der Waals surface area contributed by atoms with Gasteiger partial charge in [0.25, 0.3) is 21.6 Å². The van der Waals surface area contributed by atoms with E-state index in [-0.39, 0.29) is 77.2 Å². The van der Waals surface area contributed by atoms with E-state index in [9.17, 15) is 18.5 Å². The number of ether oxygens (including phenoxy) is 6. The average Bonchev–Trinajstić information content (AvgIpc) is 1.05. The molecule has 0 bridgehead atoms. The van der Waals surface area contributed by atoms with E-state index < -0.39 is 37.5 Å². The number of amides is 1. The Labute approximate surface area is 531 Å². The lowest BCUT2D eigenvalue weighted by atomic mass is 9.59. The highest BCUT2D eigenvalue weighted by Gasteiger charge is 2.51. The van der Waals surface area contributed by atoms with Gasteiger partial charge in [0.15, 0.2) is 23.0 Å². The molecule has 0 unspecified atom stereocenters. The summed E-state index contributed by atoms with van der Waals surface area (Å²) in [5.74, 6) is 1.54. The Bertz CT molecular complexity index is 3900. The Hall–Kier alpha value is -7.28. The third-order valence-corrected chi connectivity index (χ3v) is 23.1. The molecule has 0 radical (unpaired) electrons. The number of anilines is 5. The average molecular weight is 1260 g/mol. The van der Waals surface area contributed by atoms with E-state index in [4.69, 9.17) is 38.4 Å². The first-order valence-corrected chi connectivity index (χ1v) is 34.3. The molecular formula is C68H83N11O11S. The van der Waals surface area contributed by atoms with Crippen LogP contribution in [0, 0.1) is 28.4 Å². The van der Waals surface area contributed by atoms with Crippen molar-refractivity contribution in [1.29, 1.82) is 0 Å². The van der Waals surface area contributed by atoms with Crippen LogP contribution in [0.2, 0.25) is 0 Å². The topological polar surface area (TPSA) is 232 Å². The van der Waals surface area contributed by atoms with Crippen LogP contribution in [0.5, 0.6) is 17.4 Å². The molecule has 6 aromatic rings. The van der Waals surface area contributed by atoms with Gasteiger partial charge >= 0.3 is 0 Å². The number of pyridine rings is 2. The highest BCUT2D eigenvalue weighted by molar-refractivity contribution is 7.90. The van der Waals surface area contributed by atoms with Gasteiger partial charge in [0.2, 0.25) is 5.88 Å². The van der Waals surface area contributed by atoms with Gasteiger partial charge in [-0.3, -0.25) is 24.7 Å². The second-order valence-electron chi connectivity index (χ2n) is 27.6.